The molecule has 0 unspecified atom stereocenters. The lowest BCUT2D eigenvalue weighted by Crippen LogP contribution is -2.28. The van der Waals surface area contributed by atoms with Crippen LogP contribution < -0.4 is 10.3 Å². The normalized spacial score (nSPS) is 14.2. The van der Waals surface area contributed by atoms with Crippen molar-refractivity contribution < 1.29 is 13.6 Å². The highest BCUT2D eigenvalue weighted by atomic mass is 16.4. The maximum atomic E-state index is 13.3. The summed E-state index contributed by atoms with van der Waals surface area (Å²) in [6.45, 7) is 1.87. The van der Waals surface area contributed by atoms with Gasteiger partial charge in [0.05, 0.1) is 5.39 Å². The highest BCUT2D eigenvalue weighted by Crippen LogP contribution is 2.32. The van der Waals surface area contributed by atoms with Crippen LogP contribution in [0, 0.1) is 0 Å². The summed E-state index contributed by atoms with van der Waals surface area (Å²) in [7, 11) is 0. The SMILES string of the molecule is O=C(c1ccccc1)c1c(-c2ccc(N3CCCCC3)o2)oc2ccccc2c1=O. The maximum Gasteiger partial charge on any atom is 0.204 e. The zero-order valence-electron chi connectivity index (χ0n) is 16.5. The van der Waals surface area contributed by atoms with Crippen LogP contribution in [0.2, 0.25) is 0 Å². The van der Waals surface area contributed by atoms with Gasteiger partial charge in [-0.2, -0.15) is 0 Å². The number of ketones is 1. The number of furan rings is 1. The van der Waals surface area contributed by atoms with Gasteiger partial charge in [0.1, 0.15) is 11.1 Å². The molecule has 0 atom stereocenters. The van der Waals surface area contributed by atoms with E-state index in [2.05, 4.69) is 4.90 Å². The van der Waals surface area contributed by atoms with Gasteiger partial charge in [0.15, 0.2) is 17.4 Å². The summed E-state index contributed by atoms with van der Waals surface area (Å²) < 4.78 is 12.2. The van der Waals surface area contributed by atoms with Gasteiger partial charge in [0.25, 0.3) is 0 Å². The van der Waals surface area contributed by atoms with E-state index in [4.69, 9.17) is 8.83 Å². The Bertz CT molecular complexity index is 1260. The molecule has 2 aromatic carbocycles. The van der Waals surface area contributed by atoms with Crippen molar-refractivity contribution in [2.24, 2.45) is 0 Å². The van der Waals surface area contributed by atoms with Crippen LogP contribution in [0.5, 0.6) is 0 Å². The average Bonchev–Trinajstić information content (AvgIpc) is 3.30. The van der Waals surface area contributed by atoms with Gasteiger partial charge in [-0.25, -0.2) is 0 Å². The van der Waals surface area contributed by atoms with Crippen molar-refractivity contribution in [3.05, 3.63) is 88.1 Å². The molecule has 150 valence electrons. The number of hydrogen-bond acceptors (Lipinski definition) is 5. The fraction of sp³-hybridized carbons (Fsp3) is 0.200. The number of anilines is 1. The van der Waals surface area contributed by atoms with Gasteiger partial charge < -0.3 is 13.7 Å². The molecule has 5 heteroatoms. The first-order valence-corrected chi connectivity index (χ1v) is 10.2. The third-order valence-electron chi connectivity index (χ3n) is 5.54. The number of hydrogen-bond donors (Lipinski definition) is 0. The fourth-order valence-corrected chi connectivity index (χ4v) is 3.99. The van der Waals surface area contributed by atoms with Gasteiger partial charge in [-0.3, -0.25) is 9.59 Å². The first kappa shape index (κ1) is 18.4. The number of nitrogens with zero attached hydrogens (tertiary/aromatic N) is 1. The van der Waals surface area contributed by atoms with Crippen molar-refractivity contribution in [1.82, 2.24) is 0 Å². The van der Waals surface area contributed by atoms with Crippen LogP contribution in [0.15, 0.2) is 80.4 Å². The highest BCUT2D eigenvalue weighted by molar-refractivity contribution is 6.13. The van der Waals surface area contributed by atoms with Crippen molar-refractivity contribution in [3.8, 4) is 11.5 Å². The molecular formula is C25H21NO4. The number of para-hydroxylation sites is 1. The quantitative estimate of drug-likeness (QED) is 0.437. The van der Waals surface area contributed by atoms with Crippen LogP contribution >= 0.6 is 0 Å². The van der Waals surface area contributed by atoms with Gasteiger partial charge in [0, 0.05) is 24.7 Å². The lowest BCUT2D eigenvalue weighted by molar-refractivity contribution is 0.103. The Hall–Kier alpha value is -3.60. The number of piperidine rings is 1. The second-order valence-corrected chi connectivity index (χ2v) is 7.51. The minimum Gasteiger partial charge on any atom is -0.452 e. The summed E-state index contributed by atoms with van der Waals surface area (Å²) >= 11 is 0. The molecule has 0 bridgehead atoms. The van der Waals surface area contributed by atoms with E-state index < -0.39 is 0 Å². The largest absolute Gasteiger partial charge is 0.452 e. The van der Waals surface area contributed by atoms with E-state index in [-0.39, 0.29) is 22.5 Å². The molecule has 5 nitrogen and oxygen atoms in total. The van der Waals surface area contributed by atoms with E-state index in [1.54, 1.807) is 54.6 Å². The Morgan fingerprint density at radius 3 is 2.33 bits per heavy atom. The number of carbonyl (C=O) groups is 1. The molecule has 2 aromatic heterocycles. The molecule has 0 amide bonds. The molecule has 1 saturated heterocycles. The molecule has 1 aliphatic rings. The Morgan fingerprint density at radius 1 is 0.800 bits per heavy atom. The molecule has 0 saturated carbocycles. The van der Waals surface area contributed by atoms with E-state index in [0.717, 1.165) is 31.8 Å². The summed E-state index contributed by atoms with van der Waals surface area (Å²) in [6, 6.07) is 19.4. The number of benzene rings is 2. The molecule has 1 aliphatic heterocycles. The van der Waals surface area contributed by atoms with Crippen molar-refractivity contribution in [3.63, 3.8) is 0 Å². The van der Waals surface area contributed by atoms with Crippen LogP contribution in [-0.4, -0.2) is 18.9 Å². The Morgan fingerprint density at radius 2 is 1.53 bits per heavy atom. The van der Waals surface area contributed by atoms with Crippen molar-refractivity contribution >= 4 is 22.6 Å². The summed E-state index contributed by atoms with van der Waals surface area (Å²) in [5.41, 5.74) is 0.512. The lowest BCUT2D eigenvalue weighted by atomic mass is 9.99. The maximum absolute atomic E-state index is 13.3. The van der Waals surface area contributed by atoms with E-state index in [1.807, 2.05) is 12.1 Å². The van der Waals surface area contributed by atoms with E-state index in [1.165, 1.54) is 6.42 Å². The van der Waals surface area contributed by atoms with Gasteiger partial charge in [-0.15, -0.1) is 0 Å². The molecule has 5 rings (SSSR count). The molecule has 3 heterocycles. The molecule has 0 aliphatic carbocycles. The van der Waals surface area contributed by atoms with Crippen LogP contribution in [0.4, 0.5) is 5.88 Å². The number of carbonyl (C=O) groups excluding carboxylic acids is 1. The molecule has 0 spiro atoms. The molecule has 0 N–H and O–H groups in total. The molecule has 4 aromatic rings. The zero-order chi connectivity index (χ0) is 20.5. The van der Waals surface area contributed by atoms with Gasteiger partial charge >= 0.3 is 0 Å². The van der Waals surface area contributed by atoms with E-state index in [9.17, 15) is 9.59 Å². The van der Waals surface area contributed by atoms with E-state index in [0.29, 0.717) is 22.3 Å². The predicted molar refractivity (Wildman–Crippen MR) is 116 cm³/mol. The second kappa shape index (κ2) is 7.67. The van der Waals surface area contributed by atoms with E-state index >= 15 is 0 Å². The van der Waals surface area contributed by atoms with Gasteiger partial charge in [-0.1, -0.05) is 42.5 Å². The molecule has 1 fully saturated rings. The summed E-state index contributed by atoms with van der Waals surface area (Å²) in [4.78, 5) is 28.8. The number of rotatable bonds is 4. The van der Waals surface area contributed by atoms with Crippen LogP contribution in [0.1, 0.15) is 35.2 Å². The smallest absolute Gasteiger partial charge is 0.204 e. The Labute approximate surface area is 173 Å². The lowest BCUT2D eigenvalue weighted by Gasteiger charge is -2.25. The average molecular weight is 399 g/mol. The molecular weight excluding hydrogens is 378 g/mol. The van der Waals surface area contributed by atoms with Crippen molar-refractivity contribution in [2.45, 2.75) is 19.3 Å². The first-order chi connectivity index (χ1) is 14.7. The standard InChI is InChI=1S/C25H21NO4/c27-23(17-9-3-1-4-10-17)22-24(28)18-11-5-6-12-19(18)30-25(22)20-13-14-21(29-20)26-15-7-2-8-16-26/h1,3-6,9-14H,2,7-8,15-16H2. The first-order valence-electron chi connectivity index (χ1n) is 10.2. The molecule has 0 radical (unpaired) electrons. The summed E-state index contributed by atoms with van der Waals surface area (Å²) in [5.74, 6) is 0.924. The third-order valence-corrected chi connectivity index (χ3v) is 5.54. The molecule has 30 heavy (non-hydrogen) atoms. The minimum atomic E-state index is -0.374. The summed E-state index contributed by atoms with van der Waals surface area (Å²) in [5, 5.41) is 0.378. The minimum absolute atomic E-state index is 0.000515. The third kappa shape index (κ3) is 3.22. The van der Waals surface area contributed by atoms with Crippen LogP contribution in [0.25, 0.3) is 22.5 Å². The fourth-order valence-electron chi connectivity index (χ4n) is 3.99. The monoisotopic (exact) mass is 399 g/mol. The van der Waals surface area contributed by atoms with Gasteiger partial charge in [-0.05, 0) is 37.5 Å². The highest BCUT2D eigenvalue weighted by Gasteiger charge is 2.26. The zero-order valence-corrected chi connectivity index (χ0v) is 16.5. The van der Waals surface area contributed by atoms with Gasteiger partial charge in [0.2, 0.25) is 11.2 Å². The number of fused-ring (bicyclic) bond motifs is 1. The predicted octanol–water partition coefficient (Wildman–Crippen LogP) is 5.27. The summed E-state index contributed by atoms with van der Waals surface area (Å²) in [6.07, 6.45) is 3.47. The van der Waals surface area contributed by atoms with Crippen LogP contribution in [-0.2, 0) is 0 Å². The van der Waals surface area contributed by atoms with Crippen molar-refractivity contribution in [2.75, 3.05) is 18.0 Å². The Balaban J connectivity index is 1.68. The van der Waals surface area contributed by atoms with Crippen LogP contribution in [0.3, 0.4) is 0 Å². The second-order valence-electron chi connectivity index (χ2n) is 7.51. The Kier molecular flexibility index (Phi) is 4.71. The van der Waals surface area contributed by atoms with Crippen molar-refractivity contribution in [1.29, 1.82) is 0 Å². The topological polar surface area (TPSA) is 63.7 Å².